The van der Waals surface area contributed by atoms with Crippen molar-refractivity contribution in [3.63, 3.8) is 0 Å². The van der Waals surface area contributed by atoms with Gasteiger partial charge in [0, 0.05) is 117 Å². The zero-order valence-electron chi connectivity index (χ0n) is 58.7. The summed E-state index contributed by atoms with van der Waals surface area (Å²) < 4.78 is 35.4. The number of hydrogen-bond donors (Lipinski definition) is 14. The lowest BCUT2D eigenvalue weighted by molar-refractivity contribution is -0.146. The second-order valence-corrected chi connectivity index (χ2v) is 26.8. The number of halogens is 2. The van der Waals surface area contributed by atoms with Gasteiger partial charge in [0.15, 0.2) is 5.78 Å². The molecule has 3 aliphatic heterocycles. The molecule has 3 aromatic heterocycles. The average Bonchev–Trinajstić information content (AvgIpc) is 1.69. The number of carboxylic acid groups (broad SMARTS) is 1. The number of rotatable bonds is 16. The fraction of sp³-hybridized carbons (Fsp3) is 0.419. The number of aliphatic carboxylic acids is 1. The lowest BCUT2D eigenvalue weighted by Crippen LogP contribution is -2.62. The monoisotopic (exact) mass is 1450 g/mol. The van der Waals surface area contributed by atoms with Gasteiger partial charge in [0.2, 0.25) is 59.1 Å². The first-order valence-electron chi connectivity index (χ1n) is 34.9. The molecule has 29 nitrogen and oxygen atoms in total. The Bertz CT molecular complexity index is 4300. The molecule has 1 fully saturated rings. The van der Waals surface area contributed by atoms with Gasteiger partial charge in [-0.3, -0.25) is 57.5 Å². The van der Waals surface area contributed by atoms with Gasteiger partial charge in [-0.2, -0.15) is 0 Å². The molecule has 31 heteroatoms. The van der Waals surface area contributed by atoms with Crippen molar-refractivity contribution in [2.45, 2.75) is 165 Å². The number of ketones is 1. The van der Waals surface area contributed by atoms with Gasteiger partial charge in [-0.1, -0.05) is 42.8 Å². The Balaban J connectivity index is 1.07. The Kier molecular flexibility index (Phi) is 26.8. The van der Waals surface area contributed by atoms with E-state index in [1.54, 1.807) is 43.3 Å². The van der Waals surface area contributed by atoms with E-state index in [0.29, 0.717) is 53.4 Å². The van der Waals surface area contributed by atoms with Crippen molar-refractivity contribution in [2.24, 2.45) is 11.7 Å². The normalized spacial score (nSPS) is 23.0. The third kappa shape index (κ3) is 21.2. The molecule has 4 aromatic carbocycles. The van der Waals surface area contributed by atoms with E-state index in [1.807, 2.05) is 12.1 Å². The molecule has 1 saturated heterocycles. The number of amides is 10. The van der Waals surface area contributed by atoms with Gasteiger partial charge in [0.05, 0.1) is 25.9 Å². The molecule has 7 aromatic rings. The zero-order chi connectivity index (χ0) is 75.5. The van der Waals surface area contributed by atoms with Gasteiger partial charge < -0.3 is 83.3 Å². The van der Waals surface area contributed by atoms with Gasteiger partial charge in [-0.15, -0.1) is 0 Å². The number of carbonyl (C=O) groups excluding carboxylic acids is 11. The van der Waals surface area contributed by atoms with Crippen LogP contribution in [0.3, 0.4) is 0 Å². The molecule has 0 saturated carbocycles. The van der Waals surface area contributed by atoms with Crippen molar-refractivity contribution in [2.75, 3.05) is 26.7 Å². The zero-order valence-corrected chi connectivity index (χ0v) is 58.7. The van der Waals surface area contributed by atoms with Crippen LogP contribution in [0.5, 0.6) is 5.75 Å². The van der Waals surface area contributed by atoms with Crippen LogP contribution < -0.4 is 58.3 Å². The lowest BCUT2D eigenvalue weighted by Gasteiger charge is -2.36. The van der Waals surface area contributed by atoms with Crippen molar-refractivity contribution in [3.8, 4) is 5.75 Å². The third-order valence-corrected chi connectivity index (χ3v) is 19.0. The SMILES string of the molecule is COc1ccc(C[C@@H]2NC(=O)[C@H](Cc3cnc[nH]3)NC(=O)[C@H](CC(=O)O)NC(=O)[C@H](Cc3c[nH]c4ccc(F)cc34)NC(=O)[C@H](Cc3c[nH]c4ccc(F)cc34)NC(=O)[C@@H](C)NC(=O)[C@H](CCCCN)CC(=O)[C@@H](NC(C)=O)CCC(=O)NCc3ccc(cc3)CCNC(=O)[C@]3(C)CCCN3C2=O)cc1. The predicted molar refractivity (Wildman–Crippen MR) is 380 cm³/mol. The maximum absolute atomic E-state index is 15.2. The summed E-state index contributed by atoms with van der Waals surface area (Å²) in [5.74, 6) is -12.5. The molecule has 0 spiro atoms. The summed E-state index contributed by atoms with van der Waals surface area (Å²) in [4.78, 5) is 186. The quantitative estimate of drug-likeness (QED) is 0.0488. The molecule has 2 bridgehead atoms. The summed E-state index contributed by atoms with van der Waals surface area (Å²) in [7, 11) is 1.47. The molecule has 0 radical (unpaired) electrons. The summed E-state index contributed by atoms with van der Waals surface area (Å²) in [5.41, 5.74) is 8.15. The smallest absolute Gasteiger partial charge is 0.305 e. The number of carbonyl (C=O) groups is 12. The summed E-state index contributed by atoms with van der Waals surface area (Å²) in [6.45, 7) is 4.74. The molecule has 6 heterocycles. The maximum Gasteiger partial charge on any atom is 0.305 e. The Morgan fingerprint density at radius 3 is 1.84 bits per heavy atom. The predicted octanol–water partition coefficient (Wildman–Crippen LogP) is 2.69. The maximum atomic E-state index is 15.2. The van der Waals surface area contributed by atoms with E-state index in [4.69, 9.17) is 10.5 Å². The topological polar surface area (TPSA) is 432 Å². The molecule has 0 aliphatic carbocycles. The number of unbranched alkanes of at least 4 members (excludes halogenated alkanes) is 1. The highest BCUT2D eigenvalue weighted by atomic mass is 19.1. The van der Waals surface area contributed by atoms with E-state index < -0.39 is 162 Å². The van der Waals surface area contributed by atoms with Crippen molar-refractivity contribution in [1.29, 1.82) is 0 Å². The first kappa shape index (κ1) is 77.8. The number of Topliss-reactive ketones (excluding diaryl/α,β-unsaturated/α-hetero) is 1. The number of fused-ring (bicyclic) bond motifs is 34. The van der Waals surface area contributed by atoms with Crippen molar-refractivity contribution < 1.29 is 76.2 Å². The number of H-pyrrole nitrogens is 3. The third-order valence-electron chi connectivity index (χ3n) is 19.0. The van der Waals surface area contributed by atoms with E-state index in [1.165, 1.54) is 81.1 Å². The number of imidazole rings is 1. The number of nitrogens with two attached hydrogens (primary N) is 1. The Morgan fingerprint density at radius 2 is 1.26 bits per heavy atom. The fourth-order valence-corrected chi connectivity index (χ4v) is 13.1. The highest BCUT2D eigenvalue weighted by Crippen LogP contribution is 2.31. The molecule has 105 heavy (non-hydrogen) atoms. The van der Waals surface area contributed by atoms with Gasteiger partial charge in [-0.25, -0.2) is 13.8 Å². The second kappa shape index (κ2) is 36.2. The van der Waals surface area contributed by atoms with Crippen molar-refractivity contribution in [1.82, 2.24) is 72.7 Å². The average molecular weight is 1450 g/mol. The number of aromatic nitrogens is 4. The van der Waals surface area contributed by atoms with Crippen LogP contribution in [0.2, 0.25) is 0 Å². The number of benzene rings is 4. The minimum absolute atomic E-state index is 0.0971. The summed E-state index contributed by atoms with van der Waals surface area (Å²) in [6, 6.07) is 10.2. The largest absolute Gasteiger partial charge is 0.497 e. The number of nitrogens with zero attached hydrogens (tertiary/aromatic N) is 2. The fourth-order valence-electron chi connectivity index (χ4n) is 13.1. The first-order chi connectivity index (χ1) is 50.3. The van der Waals surface area contributed by atoms with Crippen molar-refractivity contribution >= 4 is 92.6 Å². The van der Waals surface area contributed by atoms with E-state index in [2.05, 4.69) is 67.8 Å². The Labute approximate surface area is 603 Å². The van der Waals surface area contributed by atoms with E-state index in [9.17, 15) is 47.9 Å². The molecule has 0 unspecified atom stereocenters. The minimum Gasteiger partial charge on any atom is -0.497 e. The molecular formula is C74H89F2N15O14. The van der Waals surface area contributed by atoms with E-state index >= 15 is 23.6 Å². The number of carboxylic acids is 1. The van der Waals surface area contributed by atoms with Gasteiger partial charge in [0.1, 0.15) is 59.2 Å². The molecule has 558 valence electrons. The summed E-state index contributed by atoms with van der Waals surface area (Å²) in [5, 5.41) is 35.1. The van der Waals surface area contributed by atoms with Crippen LogP contribution in [-0.4, -0.2) is 175 Å². The highest BCUT2D eigenvalue weighted by Gasteiger charge is 2.48. The van der Waals surface area contributed by atoms with E-state index in [-0.39, 0.29) is 86.9 Å². The van der Waals surface area contributed by atoms with Crippen LogP contribution >= 0.6 is 0 Å². The van der Waals surface area contributed by atoms with Crippen LogP contribution in [0.4, 0.5) is 8.78 Å². The standard InChI is InChI=1S/C74H89F2N15O14/c1-41-66(97)86-58(29-47-37-80-55-19-15-49(75)32-53(47)55)68(99)87-59(30-48-38-81-56-20-16-50(76)33-54(48)56)69(100)89-61(35-65(95)96)71(102)88-60(34-51-39-78-40-83-51)70(101)90-62(28-44-13-17-52(105-4)18-14-44)72(103)91-27-7-24-74(91,3)73(104)79-26-23-43-9-11-45(12-10-43)36-82-64(94)22-21-57(85-42(2)92)63(93)31-46(67(98)84-41)8-5-6-25-77/h9-20,32-33,37-41,46,57-62,80-81H,5-8,21-31,34-36,77H2,1-4H3,(H,78,83)(H,79,104)(H,82,94)(H,84,98)(H,85,92)(H,86,97)(H,87,99)(H,88,102)(H,89,100)(H,90,101)(H,95,96)/t41-,46-,57+,58+,59+,60+,61+,62+,74+/m1/s1. The van der Waals surface area contributed by atoms with Crippen LogP contribution in [0.1, 0.15) is 112 Å². The van der Waals surface area contributed by atoms with Crippen molar-refractivity contribution in [3.05, 3.63) is 155 Å². The molecule has 10 amide bonds. The van der Waals surface area contributed by atoms with Crippen LogP contribution in [0.25, 0.3) is 21.8 Å². The first-order valence-corrected chi connectivity index (χ1v) is 34.9. The Morgan fingerprint density at radius 1 is 0.676 bits per heavy atom. The van der Waals surface area contributed by atoms with Crippen LogP contribution in [-0.2, 0) is 96.2 Å². The molecule has 3 aliphatic rings. The van der Waals surface area contributed by atoms with Crippen LogP contribution in [0.15, 0.2) is 110 Å². The molecule has 9 atom stereocenters. The van der Waals surface area contributed by atoms with Gasteiger partial charge in [0.25, 0.3) is 0 Å². The van der Waals surface area contributed by atoms with Gasteiger partial charge >= 0.3 is 5.97 Å². The van der Waals surface area contributed by atoms with Crippen LogP contribution in [0, 0.1) is 17.6 Å². The number of ether oxygens (including phenoxy) is 1. The number of methoxy groups -OCH3 is 1. The van der Waals surface area contributed by atoms with E-state index in [0.717, 1.165) is 17.2 Å². The summed E-state index contributed by atoms with van der Waals surface area (Å²) in [6.07, 6.45) is 4.20. The minimum atomic E-state index is -2.04. The number of aromatic amines is 3. The van der Waals surface area contributed by atoms with Gasteiger partial charge in [-0.05, 0) is 135 Å². The summed E-state index contributed by atoms with van der Waals surface area (Å²) >= 11 is 0. The highest BCUT2D eigenvalue weighted by molar-refractivity contribution is 6.01. The number of hydrogen-bond acceptors (Lipinski definition) is 15. The lowest BCUT2D eigenvalue weighted by atomic mass is 9.91. The second-order valence-electron chi connectivity index (χ2n) is 26.8. The molecule has 10 rings (SSSR count). The molecule has 15 N–H and O–H groups in total. The molecular weight excluding hydrogens is 1360 g/mol. The Hall–Kier alpha value is -11.4. The number of nitrogens with one attached hydrogen (secondary N) is 12.